The third-order valence-corrected chi connectivity index (χ3v) is 3.05. The second kappa shape index (κ2) is 8.58. The fraction of sp³-hybridized carbons (Fsp3) is 0.214. The SMILES string of the molecule is COC(=O)c1ccc(Cn2ncc(N)c2C(=O)OC)c([O-])c1.[Rb+]. The van der Waals surface area contributed by atoms with Gasteiger partial charge >= 0.3 is 70.1 Å². The number of aromatic nitrogens is 2. The average molecular weight is 390 g/mol. The summed E-state index contributed by atoms with van der Waals surface area (Å²) in [5.41, 5.74) is 6.40. The second-order valence-corrected chi connectivity index (χ2v) is 4.41. The molecule has 23 heavy (non-hydrogen) atoms. The largest absolute Gasteiger partial charge is 1.00 e. The first-order chi connectivity index (χ1) is 10.5. The molecule has 0 amide bonds. The van der Waals surface area contributed by atoms with Gasteiger partial charge in [0, 0.05) is 0 Å². The summed E-state index contributed by atoms with van der Waals surface area (Å²) in [6.45, 7) is 0.0297. The van der Waals surface area contributed by atoms with E-state index >= 15 is 0 Å². The molecule has 1 heterocycles. The van der Waals surface area contributed by atoms with E-state index in [1.54, 1.807) is 0 Å². The van der Waals surface area contributed by atoms with Gasteiger partial charge in [-0.05, 0) is 11.6 Å². The van der Waals surface area contributed by atoms with E-state index in [-0.39, 0.29) is 87.4 Å². The molecular weight excluding hydrogens is 376 g/mol. The number of hydrogen-bond donors (Lipinski definition) is 1. The second-order valence-electron chi connectivity index (χ2n) is 4.41. The molecule has 0 aliphatic heterocycles. The number of nitrogen functional groups attached to an aromatic ring is 1. The van der Waals surface area contributed by atoms with Crippen molar-refractivity contribution in [3.63, 3.8) is 0 Å². The van der Waals surface area contributed by atoms with Gasteiger partial charge < -0.3 is 20.3 Å². The minimum atomic E-state index is -0.645. The Balaban J connectivity index is 0.00000264. The molecule has 0 saturated heterocycles. The van der Waals surface area contributed by atoms with Crippen molar-refractivity contribution >= 4 is 17.6 Å². The molecule has 0 radical (unpaired) electrons. The predicted octanol–water partition coefficient (Wildman–Crippen LogP) is -2.84. The van der Waals surface area contributed by atoms with Crippen molar-refractivity contribution in [2.24, 2.45) is 0 Å². The van der Waals surface area contributed by atoms with Gasteiger partial charge in [-0.3, -0.25) is 4.68 Å². The number of carbonyl (C=O) groups excluding carboxylic acids is 2. The van der Waals surface area contributed by atoms with Gasteiger partial charge in [-0.1, -0.05) is 12.1 Å². The smallest absolute Gasteiger partial charge is 0.872 e. The fourth-order valence-corrected chi connectivity index (χ4v) is 1.93. The Morgan fingerprint density at radius 2 is 1.91 bits per heavy atom. The van der Waals surface area contributed by atoms with Crippen molar-refractivity contribution < 1.29 is 82.4 Å². The first-order valence-electron chi connectivity index (χ1n) is 6.25. The maximum absolute atomic E-state index is 12.0. The van der Waals surface area contributed by atoms with Crippen molar-refractivity contribution in [3.8, 4) is 5.75 Å². The zero-order valence-corrected chi connectivity index (χ0v) is 17.9. The third kappa shape index (κ3) is 4.40. The van der Waals surface area contributed by atoms with Gasteiger partial charge in [0.25, 0.3) is 0 Å². The molecule has 0 aliphatic rings. The van der Waals surface area contributed by atoms with Crippen LogP contribution in [0.4, 0.5) is 5.69 Å². The summed E-state index contributed by atoms with van der Waals surface area (Å²) < 4.78 is 10.4. The maximum Gasteiger partial charge on any atom is 1.00 e. The summed E-state index contributed by atoms with van der Waals surface area (Å²) in [4.78, 5) is 23.0. The Morgan fingerprint density at radius 1 is 1.26 bits per heavy atom. The van der Waals surface area contributed by atoms with Crippen LogP contribution in [0.2, 0.25) is 0 Å². The Morgan fingerprint density at radius 3 is 2.48 bits per heavy atom. The zero-order chi connectivity index (χ0) is 16.3. The van der Waals surface area contributed by atoms with Gasteiger partial charge in [0.1, 0.15) is 0 Å². The van der Waals surface area contributed by atoms with Crippen molar-refractivity contribution in [2.45, 2.75) is 6.54 Å². The topological polar surface area (TPSA) is 120 Å². The van der Waals surface area contributed by atoms with E-state index < -0.39 is 11.9 Å². The van der Waals surface area contributed by atoms with Crippen LogP contribution in [0, 0.1) is 0 Å². The van der Waals surface area contributed by atoms with E-state index in [2.05, 4.69) is 14.6 Å². The third-order valence-electron chi connectivity index (χ3n) is 3.05. The van der Waals surface area contributed by atoms with Crippen molar-refractivity contribution in [2.75, 3.05) is 20.0 Å². The van der Waals surface area contributed by atoms with E-state index in [0.717, 1.165) is 0 Å². The molecule has 9 heteroatoms. The number of rotatable bonds is 4. The Labute approximate surface area is 181 Å². The number of methoxy groups -OCH3 is 2. The molecule has 0 fully saturated rings. The molecule has 8 nitrogen and oxygen atoms in total. The van der Waals surface area contributed by atoms with E-state index in [0.29, 0.717) is 5.56 Å². The van der Waals surface area contributed by atoms with Crippen molar-refractivity contribution in [1.29, 1.82) is 0 Å². The Bertz CT molecular complexity index is 729. The summed E-state index contributed by atoms with van der Waals surface area (Å²) >= 11 is 0. The molecule has 2 aromatic rings. The summed E-state index contributed by atoms with van der Waals surface area (Å²) in [6.07, 6.45) is 1.31. The Kier molecular flexibility index (Phi) is 7.39. The fourth-order valence-electron chi connectivity index (χ4n) is 1.93. The van der Waals surface area contributed by atoms with E-state index in [9.17, 15) is 14.7 Å². The van der Waals surface area contributed by atoms with Crippen molar-refractivity contribution in [1.82, 2.24) is 9.78 Å². The van der Waals surface area contributed by atoms with Crippen LogP contribution in [0.25, 0.3) is 0 Å². The first-order valence-corrected chi connectivity index (χ1v) is 6.25. The molecule has 2 rings (SSSR count). The van der Waals surface area contributed by atoms with Gasteiger partial charge in [0.15, 0.2) is 5.69 Å². The van der Waals surface area contributed by atoms with Crippen LogP contribution in [0.3, 0.4) is 0 Å². The summed E-state index contributed by atoms with van der Waals surface area (Å²) in [7, 11) is 2.46. The van der Waals surface area contributed by atoms with Gasteiger partial charge in [0.2, 0.25) is 0 Å². The van der Waals surface area contributed by atoms with Gasteiger partial charge in [-0.2, -0.15) is 5.10 Å². The van der Waals surface area contributed by atoms with Crippen LogP contribution >= 0.6 is 0 Å². The van der Waals surface area contributed by atoms with Gasteiger partial charge in [-0.25, -0.2) is 9.59 Å². The molecule has 0 saturated carbocycles. The van der Waals surface area contributed by atoms with Crippen LogP contribution in [-0.4, -0.2) is 35.9 Å². The number of nitrogens with two attached hydrogens (primary N) is 1. The molecule has 2 N–H and O–H groups in total. The van der Waals surface area contributed by atoms with E-state index in [1.807, 2.05) is 0 Å². The van der Waals surface area contributed by atoms with Crippen LogP contribution < -0.4 is 69.0 Å². The number of ether oxygens (including phenoxy) is 2. The molecule has 0 aliphatic carbocycles. The van der Waals surface area contributed by atoms with E-state index in [1.165, 1.54) is 43.3 Å². The monoisotopic (exact) mass is 389 g/mol. The molecule has 1 aromatic carbocycles. The molecule has 116 valence electrons. The van der Waals surface area contributed by atoms with Crippen LogP contribution in [0.5, 0.6) is 5.75 Å². The minimum absolute atomic E-state index is 0. The van der Waals surface area contributed by atoms with E-state index in [4.69, 9.17) is 5.73 Å². The number of hydrogen-bond acceptors (Lipinski definition) is 7. The minimum Gasteiger partial charge on any atom is -0.872 e. The number of anilines is 1. The molecule has 0 unspecified atom stereocenters. The molecule has 1 aromatic heterocycles. The number of nitrogens with zero attached hydrogens (tertiary/aromatic N) is 2. The standard InChI is InChI=1S/C14H15N3O5.Rb/c1-21-13(19)8-3-4-9(11(18)5-8)7-17-12(14(20)22-2)10(15)6-16-17;/h3-6,18H,7,15H2,1-2H3;/q;+1/p-1. The quantitative estimate of drug-likeness (QED) is 0.559. The molecule has 0 atom stereocenters. The summed E-state index contributed by atoms with van der Waals surface area (Å²) in [6, 6.07) is 4.12. The predicted molar refractivity (Wildman–Crippen MR) is 74.3 cm³/mol. The maximum atomic E-state index is 12.0. The van der Waals surface area contributed by atoms with Crippen LogP contribution in [-0.2, 0) is 16.0 Å². The van der Waals surface area contributed by atoms with Crippen LogP contribution in [0.15, 0.2) is 24.4 Å². The molecule has 0 bridgehead atoms. The Hall–Kier alpha value is -1.22. The summed E-state index contributed by atoms with van der Waals surface area (Å²) in [5.74, 6) is -1.61. The first kappa shape index (κ1) is 19.8. The van der Waals surface area contributed by atoms with Gasteiger partial charge in [-0.15, -0.1) is 5.75 Å². The number of carbonyl (C=O) groups is 2. The normalized spacial score (nSPS) is 9.83. The number of esters is 2. The average Bonchev–Trinajstić information content (AvgIpc) is 2.88. The van der Waals surface area contributed by atoms with Gasteiger partial charge in [0.05, 0.1) is 38.2 Å². The van der Waals surface area contributed by atoms with Crippen LogP contribution in [0.1, 0.15) is 26.4 Å². The molecule has 0 spiro atoms. The zero-order valence-electron chi connectivity index (χ0n) is 13.0. The van der Waals surface area contributed by atoms with Crippen molar-refractivity contribution in [3.05, 3.63) is 41.2 Å². The molecular formula is C14H14N3O5Rb. The summed E-state index contributed by atoms with van der Waals surface area (Å²) in [5, 5.41) is 16.0. The number of benzene rings is 1.